The molecule has 0 saturated carbocycles. The van der Waals surface area contributed by atoms with Crippen LogP contribution >= 0.6 is 0 Å². The average Bonchev–Trinajstić information content (AvgIpc) is 3.16. The number of benzene rings is 1. The topological polar surface area (TPSA) is 76.4 Å². The number of carbonyl (C=O) groups is 1. The number of hydrogen-bond acceptors (Lipinski definition) is 5. The van der Waals surface area contributed by atoms with Crippen molar-refractivity contribution in [2.45, 2.75) is 6.54 Å². The smallest absolute Gasteiger partial charge is 0.292 e. The molecule has 2 N–H and O–H groups in total. The van der Waals surface area contributed by atoms with E-state index < -0.39 is 0 Å². The van der Waals surface area contributed by atoms with Gasteiger partial charge in [-0.3, -0.25) is 4.79 Å². The van der Waals surface area contributed by atoms with Gasteiger partial charge in [-0.15, -0.1) is 0 Å². The Labute approximate surface area is 139 Å². The summed E-state index contributed by atoms with van der Waals surface area (Å²) >= 11 is 0. The van der Waals surface area contributed by atoms with Gasteiger partial charge < -0.3 is 19.8 Å². The Morgan fingerprint density at radius 3 is 2.62 bits per heavy atom. The number of anilines is 2. The van der Waals surface area contributed by atoms with Gasteiger partial charge >= 0.3 is 0 Å². The van der Waals surface area contributed by atoms with Gasteiger partial charge in [0.05, 0.1) is 25.3 Å². The van der Waals surface area contributed by atoms with Crippen molar-refractivity contribution in [2.75, 3.05) is 17.7 Å². The number of amides is 1. The molecule has 0 atom stereocenters. The summed E-state index contributed by atoms with van der Waals surface area (Å²) in [5.74, 6) is 1.22. The van der Waals surface area contributed by atoms with Crippen LogP contribution in [0.2, 0.25) is 0 Å². The molecule has 0 unspecified atom stereocenters. The monoisotopic (exact) mass is 323 g/mol. The number of methoxy groups -OCH3 is 1. The lowest BCUT2D eigenvalue weighted by atomic mass is 10.2. The Morgan fingerprint density at radius 1 is 1.17 bits per heavy atom. The van der Waals surface area contributed by atoms with Crippen LogP contribution in [-0.4, -0.2) is 18.0 Å². The number of pyridine rings is 1. The van der Waals surface area contributed by atoms with Crippen molar-refractivity contribution >= 4 is 17.4 Å². The summed E-state index contributed by atoms with van der Waals surface area (Å²) < 4.78 is 10.2. The lowest BCUT2D eigenvalue weighted by Crippen LogP contribution is -2.12. The molecule has 3 aromatic rings. The highest BCUT2D eigenvalue weighted by Gasteiger charge is 2.09. The Morgan fingerprint density at radius 2 is 2.00 bits per heavy atom. The van der Waals surface area contributed by atoms with E-state index in [1.165, 1.54) is 6.26 Å². The van der Waals surface area contributed by atoms with Crippen LogP contribution in [0.25, 0.3) is 0 Å². The molecule has 0 radical (unpaired) electrons. The van der Waals surface area contributed by atoms with Gasteiger partial charge in [0, 0.05) is 6.54 Å². The number of carbonyl (C=O) groups excluding carboxylic acids is 1. The van der Waals surface area contributed by atoms with Crippen molar-refractivity contribution in [3.63, 3.8) is 0 Å². The Hall–Kier alpha value is -3.28. The van der Waals surface area contributed by atoms with Crippen molar-refractivity contribution in [1.82, 2.24) is 4.98 Å². The van der Waals surface area contributed by atoms with E-state index in [1.54, 1.807) is 31.5 Å². The maximum Gasteiger partial charge on any atom is 0.292 e. The van der Waals surface area contributed by atoms with Crippen LogP contribution in [0, 0.1) is 0 Å². The van der Waals surface area contributed by atoms with Crippen LogP contribution in [0.3, 0.4) is 0 Å². The number of rotatable bonds is 6. The summed E-state index contributed by atoms with van der Waals surface area (Å²) in [6.45, 7) is 0.670. The van der Waals surface area contributed by atoms with Gasteiger partial charge in [0.2, 0.25) is 0 Å². The quantitative estimate of drug-likeness (QED) is 0.725. The van der Waals surface area contributed by atoms with Gasteiger partial charge in [0.25, 0.3) is 5.91 Å². The van der Waals surface area contributed by atoms with Gasteiger partial charge in [-0.1, -0.05) is 12.1 Å². The Balaban J connectivity index is 1.55. The lowest BCUT2D eigenvalue weighted by Gasteiger charge is -2.08. The van der Waals surface area contributed by atoms with E-state index in [0.29, 0.717) is 12.4 Å². The first kappa shape index (κ1) is 15.6. The van der Waals surface area contributed by atoms with E-state index in [1.807, 2.05) is 30.3 Å². The third-order valence-corrected chi connectivity index (χ3v) is 3.41. The summed E-state index contributed by atoms with van der Waals surface area (Å²) in [7, 11) is 1.64. The highest BCUT2D eigenvalue weighted by atomic mass is 16.5. The lowest BCUT2D eigenvalue weighted by molar-refractivity contribution is 0.0996. The molecule has 0 aliphatic rings. The van der Waals surface area contributed by atoms with Crippen LogP contribution in [0.1, 0.15) is 16.1 Å². The summed E-state index contributed by atoms with van der Waals surface area (Å²) in [5, 5.41) is 5.94. The second-order valence-electron chi connectivity index (χ2n) is 5.07. The molecule has 6 nitrogen and oxygen atoms in total. The first-order valence-corrected chi connectivity index (χ1v) is 7.42. The third-order valence-electron chi connectivity index (χ3n) is 3.41. The molecule has 1 amide bonds. The van der Waals surface area contributed by atoms with Crippen LogP contribution in [0.15, 0.2) is 65.4 Å². The number of nitrogens with one attached hydrogen (secondary N) is 2. The molecule has 24 heavy (non-hydrogen) atoms. The minimum Gasteiger partial charge on any atom is -0.497 e. The molecular weight excluding hydrogens is 306 g/mol. The average molecular weight is 323 g/mol. The fourth-order valence-electron chi connectivity index (χ4n) is 2.11. The maximum atomic E-state index is 11.9. The van der Waals surface area contributed by atoms with Crippen LogP contribution in [0.4, 0.5) is 11.5 Å². The molecule has 6 heteroatoms. The van der Waals surface area contributed by atoms with Crippen molar-refractivity contribution in [3.05, 3.63) is 72.3 Å². The number of ether oxygens (including phenoxy) is 1. The molecule has 2 aromatic heterocycles. The zero-order valence-corrected chi connectivity index (χ0v) is 13.2. The van der Waals surface area contributed by atoms with Crippen LogP contribution in [-0.2, 0) is 6.54 Å². The molecule has 0 fully saturated rings. The second kappa shape index (κ2) is 7.32. The van der Waals surface area contributed by atoms with Gasteiger partial charge in [-0.2, -0.15) is 0 Å². The third kappa shape index (κ3) is 3.92. The van der Waals surface area contributed by atoms with E-state index in [-0.39, 0.29) is 11.7 Å². The highest BCUT2D eigenvalue weighted by molar-refractivity contribution is 6.01. The summed E-state index contributed by atoms with van der Waals surface area (Å²) in [6.07, 6.45) is 3.12. The molecule has 122 valence electrons. The molecule has 0 spiro atoms. The number of furan rings is 1. The highest BCUT2D eigenvalue weighted by Crippen LogP contribution is 2.15. The first-order chi connectivity index (χ1) is 11.7. The van der Waals surface area contributed by atoms with Gasteiger partial charge in [0.1, 0.15) is 11.6 Å². The normalized spacial score (nSPS) is 10.2. The number of aromatic nitrogens is 1. The summed E-state index contributed by atoms with van der Waals surface area (Å²) in [4.78, 5) is 16.1. The minimum absolute atomic E-state index is 0.249. The van der Waals surface area contributed by atoms with Crippen molar-refractivity contribution < 1.29 is 13.9 Å². The summed E-state index contributed by atoms with van der Waals surface area (Å²) in [6, 6.07) is 14.7. The minimum atomic E-state index is -0.327. The Bertz CT molecular complexity index is 781. The molecule has 0 saturated heterocycles. The SMILES string of the molecule is COc1ccc(CNc2ccc(NC(=O)c3ccco3)nc2)cc1. The predicted octanol–water partition coefficient (Wildman–Crippen LogP) is 3.55. The second-order valence-corrected chi connectivity index (χ2v) is 5.07. The van der Waals surface area contributed by atoms with Crippen molar-refractivity contribution in [3.8, 4) is 5.75 Å². The molecule has 0 aliphatic carbocycles. The summed E-state index contributed by atoms with van der Waals surface area (Å²) in [5.41, 5.74) is 1.99. The van der Waals surface area contributed by atoms with Crippen molar-refractivity contribution in [2.24, 2.45) is 0 Å². The Kier molecular flexibility index (Phi) is 4.76. The molecule has 2 heterocycles. The van der Waals surface area contributed by atoms with Gasteiger partial charge in [-0.05, 0) is 42.0 Å². The van der Waals surface area contributed by atoms with E-state index in [4.69, 9.17) is 9.15 Å². The standard InChI is InChI=1S/C18H17N3O3/c1-23-15-7-4-13(5-8-15)11-19-14-6-9-17(20-12-14)21-18(22)16-3-2-10-24-16/h2-10,12,19H,11H2,1H3,(H,20,21,22). The maximum absolute atomic E-state index is 11.9. The predicted molar refractivity (Wildman–Crippen MR) is 91.2 cm³/mol. The van der Waals surface area contributed by atoms with Gasteiger partial charge in [0.15, 0.2) is 5.76 Å². The zero-order valence-electron chi connectivity index (χ0n) is 13.2. The zero-order chi connectivity index (χ0) is 16.8. The van der Waals surface area contributed by atoms with Gasteiger partial charge in [-0.25, -0.2) is 4.98 Å². The fraction of sp³-hybridized carbons (Fsp3) is 0.111. The van der Waals surface area contributed by atoms with Crippen LogP contribution < -0.4 is 15.4 Å². The van der Waals surface area contributed by atoms with Crippen molar-refractivity contribution in [1.29, 1.82) is 0 Å². The molecular formula is C18H17N3O3. The fourth-order valence-corrected chi connectivity index (χ4v) is 2.11. The molecule has 3 rings (SSSR count). The van der Waals surface area contributed by atoms with E-state index in [0.717, 1.165) is 17.0 Å². The van der Waals surface area contributed by atoms with E-state index >= 15 is 0 Å². The molecule has 0 aliphatic heterocycles. The number of nitrogens with zero attached hydrogens (tertiary/aromatic N) is 1. The van der Waals surface area contributed by atoms with E-state index in [9.17, 15) is 4.79 Å². The molecule has 1 aromatic carbocycles. The van der Waals surface area contributed by atoms with E-state index in [2.05, 4.69) is 15.6 Å². The van der Waals surface area contributed by atoms with Crippen LogP contribution in [0.5, 0.6) is 5.75 Å². The molecule has 0 bridgehead atoms. The first-order valence-electron chi connectivity index (χ1n) is 7.42. The largest absolute Gasteiger partial charge is 0.497 e. The number of hydrogen-bond donors (Lipinski definition) is 2.